The first-order valence-electron chi connectivity index (χ1n) is 19.7. The van der Waals surface area contributed by atoms with E-state index in [1.54, 1.807) is 36.6 Å². The van der Waals surface area contributed by atoms with Gasteiger partial charge >= 0.3 is 0 Å². The van der Waals surface area contributed by atoms with Gasteiger partial charge in [0, 0.05) is 44.2 Å². The van der Waals surface area contributed by atoms with Crippen molar-refractivity contribution >= 4 is 23.2 Å². The number of halogens is 1. The Morgan fingerprint density at radius 3 is 2.14 bits per heavy atom. The number of benzene rings is 1. The number of anilines is 2. The van der Waals surface area contributed by atoms with Crippen molar-refractivity contribution in [1.82, 2.24) is 44.9 Å². The molecule has 312 valence electrons. The van der Waals surface area contributed by atoms with Gasteiger partial charge in [-0.05, 0) is 60.7 Å². The number of methoxy groups -OCH3 is 1. The van der Waals surface area contributed by atoms with Crippen LogP contribution in [0, 0.1) is 0 Å². The van der Waals surface area contributed by atoms with Gasteiger partial charge in [-0.3, -0.25) is 9.58 Å². The van der Waals surface area contributed by atoms with Crippen LogP contribution in [0.5, 0.6) is 11.6 Å². The second-order valence-corrected chi connectivity index (χ2v) is 14.2. The van der Waals surface area contributed by atoms with Gasteiger partial charge < -0.3 is 43.2 Å². The summed E-state index contributed by atoms with van der Waals surface area (Å²) < 4.78 is 48.7. The van der Waals surface area contributed by atoms with Gasteiger partial charge in [0.05, 0.1) is 96.5 Å². The minimum atomic E-state index is -0.222. The first kappa shape index (κ1) is 42.6. The average Bonchev–Trinajstić information content (AvgIpc) is 3.91. The van der Waals surface area contributed by atoms with Crippen LogP contribution in [-0.4, -0.2) is 156 Å². The highest BCUT2D eigenvalue weighted by Crippen LogP contribution is 2.35. The van der Waals surface area contributed by atoms with Crippen molar-refractivity contribution in [1.29, 1.82) is 0 Å². The number of rotatable bonds is 25. The van der Waals surface area contributed by atoms with Gasteiger partial charge in [-0.25, -0.2) is 14.6 Å². The molecule has 1 aromatic carbocycles. The van der Waals surface area contributed by atoms with Crippen molar-refractivity contribution in [2.45, 2.75) is 57.3 Å². The lowest BCUT2D eigenvalue weighted by Gasteiger charge is -2.38. The minimum Gasteiger partial charge on any atom is -0.487 e. The van der Waals surface area contributed by atoms with E-state index >= 15 is 0 Å². The molecule has 0 bridgehead atoms. The Hall–Kier alpha value is -4.01. The van der Waals surface area contributed by atoms with Crippen molar-refractivity contribution in [2.24, 2.45) is 0 Å². The molecule has 1 N–H and O–H groups in total. The standard InChI is InChI=1S/C38H55ClN10O8/c1-29(26-48-28-42-45-46-48)57-36-23-30(3-8-34(36)39)31-24-40-38(41-25-31)43-35-27-49(33-6-4-32(5-7-33)47-9-11-51-12-10-47)44-37(35)56-22-21-55-20-19-54-18-17-53-16-15-52-14-13-50-2/h3,8,23-25,27-29,32-33H,4-7,9-22,26H2,1-2H3,(H,40,41,43)/t29-,32?,33?/m0/s1. The molecule has 2 fully saturated rings. The van der Waals surface area contributed by atoms with Crippen LogP contribution in [0.2, 0.25) is 5.02 Å². The average molecular weight is 815 g/mol. The highest BCUT2D eigenvalue weighted by molar-refractivity contribution is 6.32. The third kappa shape index (κ3) is 13.8. The Labute approximate surface area is 338 Å². The van der Waals surface area contributed by atoms with Crippen molar-refractivity contribution < 1.29 is 37.9 Å². The number of nitrogens with one attached hydrogen (secondary N) is 1. The van der Waals surface area contributed by atoms with Crippen molar-refractivity contribution in [3.05, 3.63) is 48.1 Å². The summed E-state index contributed by atoms with van der Waals surface area (Å²) in [5, 5.41) is 20.0. The molecular weight excluding hydrogens is 760 g/mol. The number of aromatic nitrogens is 8. The summed E-state index contributed by atoms with van der Waals surface area (Å²) >= 11 is 6.48. The summed E-state index contributed by atoms with van der Waals surface area (Å²) in [7, 11) is 1.65. The quantitative estimate of drug-likeness (QED) is 0.0946. The summed E-state index contributed by atoms with van der Waals surface area (Å²) in [4.78, 5) is 11.8. The summed E-state index contributed by atoms with van der Waals surface area (Å²) in [6.07, 6.45) is 11.1. The molecule has 1 saturated carbocycles. The number of hydrogen-bond acceptors (Lipinski definition) is 16. The molecular formula is C38H55ClN10O8. The van der Waals surface area contributed by atoms with Gasteiger partial charge in [0.15, 0.2) is 0 Å². The lowest BCUT2D eigenvalue weighted by Crippen LogP contribution is -2.45. The number of nitrogens with zero attached hydrogens (tertiary/aromatic N) is 9. The molecule has 18 nitrogen and oxygen atoms in total. The van der Waals surface area contributed by atoms with E-state index in [1.807, 2.05) is 29.9 Å². The Balaban J connectivity index is 1.01. The molecule has 3 aromatic heterocycles. The van der Waals surface area contributed by atoms with E-state index in [4.69, 9.17) is 54.6 Å². The van der Waals surface area contributed by atoms with Gasteiger partial charge in [-0.1, -0.05) is 17.7 Å². The monoisotopic (exact) mass is 814 g/mol. The highest BCUT2D eigenvalue weighted by Gasteiger charge is 2.29. The van der Waals surface area contributed by atoms with Gasteiger partial charge in [0.2, 0.25) is 5.95 Å². The van der Waals surface area contributed by atoms with Crippen LogP contribution < -0.4 is 14.8 Å². The second kappa shape index (κ2) is 23.4. The molecule has 1 atom stereocenters. The minimum absolute atomic E-state index is 0.222. The van der Waals surface area contributed by atoms with E-state index < -0.39 is 0 Å². The maximum Gasteiger partial charge on any atom is 0.257 e. The first-order valence-corrected chi connectivity index (χ1v) is 20.0. The normalized spacial score (nSPS) is 18.1. The Kier molecular flexibility index (Phi) is 17.5. The zero-order valence-electron chi connectivity index (χ0n) is 32.9. The van der Waals surface area contributed by atoms with Crippen molar-refractivity contribution in [3.63, 3.8) is 0 Å². The Morgan fingerprint density at radius 2 is 1.49 bits per heavy atom. The highest BCUT2D eigenvalue weighted by atomic mass is 35.5. The molecule has 6 rings (SSSR count). The largest absolute Gasteiger partial charge is 0.487 e. The summed E-state index contributed by atoms with van der Waals surface area (Å²) in [6, 6.07) is 6.43. The molecule has 0 radical (unpaired) electrons. The first-order chi connectivity index (χ1) is 28.1. The molecule has 0 spiro atoms. The lowest BCUT2D eigenvalue weighted by molar-refractivity contribution is -0.00989. The zero-order valence-corrected chi connectivity index (χ0v) is 33.6. The molecule has 0 amide bonds. The number of hydrogen-bond donors (Lipinski definition) is 1. The molecule has 0 unspecified atom stereocenters. The predicted octanol–water partition coefficient (Wildman–Crippen LogP) is 4.10. The second-order valence-electron chi connectivity index (χ2n) is 13.8. The van der Waals surface area contributed by atoms with E-state index in [9.17, 15) is 0 Å². The maximum absolute atomic E-state index is 6.48. The lowest BCUT2D eigenvalue weighted by atomic mass is 9.90. The van der Waals surface area contributed by atoms with Crippen LogP contribution in [0.25, 0.3) is 11.1 Å². The fraction of sp³-hybridized carbons (Fsp3) is 0.632. The SMILES string of the molecule is COCCOCCOCCOCCOCCOc1nn(C2CCC(N3CCOCC3)CC2)cc1Nc1ncc(-c2ccc(Cl)c(O[C@@H](C)Cn3cnnn3)c2)cn1. The fourth-order valence-electron chi connectivity index (χ4n) is 6.70. The van der Waals surface area contributed by atoms with Gasteiger partial charge in [-0.15, -0.1) is 10.2 Å². The molecule has 1 aliphatic carbocycles. The van der Waals surface area contributed by atoms with E-state index in [2.05, 4.69) is 35.7 Å². The Morgan fingerprint density at radius 1 is 0.842 bits per heavy atom. The fourth-order valence-corrected chi connectivity index (χ4v) is 6.87. The van der Waals surface area contributed by atoms with Crippen LogP contribution in [-0.2, 0) is 35.0 Å². The number of morpholine rings is 1. The maximum atomic E-state index is 6.48. The number of ether oxygens (including phenoxy) is 8. The summed E-state index contributed by atoms with van der Waals surface area (Å²) in [5.74, 6) is 1.43. The molecule has 4 heterocycles. The third-order valence-corrected chi connectivity index (χ3v) is 9.95. The predicted molar refractivity (Wildman–Crippen MR) is 210 cm³/mol. The molecule has 19 heteroatoms. The van der Waals surface area contributed by atoms with E-state index in [0.717, 1.165) is 63.1 Å². The summed E-state index contributed by atoms with van der Waals surface area (Å²) in [5.41, 5.74) is 2.35. The number of tetrazole rings is 1. The van der Waals surface area contributed by atoms with Crippen LogP contribution in [0.1, 0.15) is 38.6 Å². The van der Waals surface area contributed by atoms with E-state index in [1.165, 1.54) is 0 Å². The van der Waals surface area contributed by atoms with Gasteiger partial charge in [0.25, 0.3) is 5.88 Å². The van der Waals surface area contributed by atoms with Crippen molar-refractivity contribution in [2.75, 3.05) is 105 Å². The van der Waals surface area contributed by atoms with E-state index in [0.29, 0.717) is 107 Å². The van der Waals surface area contributed by atoms with Gasteiger partial charge in [0.1, 0.15) is 30.5 Å². The van der Waals surface area contributed by atoms with Crippen molar-refractivity contribution in [3.8, 4) is 22.8 Å². The van der Waals surface area contributed by atoms with Gasteiger partial charge in [-0.2, -0.15) is 0 Å². The topological polar surface area (TPSA) is 176 Å². The summed E-state index contributed by atoms with van der Waals surface area (Å²) in [6.45, 7) is 10.8. The van der Waals surface area contributed by atoms with E-state index in [-0.39, 0.29) is 12.1 Å². The third-order valence-electron chi connectivity index (χ3n) is 9.64. The molecule has 1 saturated heterocycles. The van der Waals surface area contributed by atoms with Crippen LogP contribution in [0.15, 0.2) is 43.1 Å². The molecule has 4 aromatic rings. The van der Waals surface area contributed by atoms with Crippen LogP contribution >= 0.6 is 11.6 Å². The molecule has 2 aliphatic rings. The molecule has 1 aliphatic heterocycles. The zero-order chi connectivity index (χ0) is 39.5. The molecule has 57 heavy (non-hydrogen) atoms. The smallest absolute Gasteiger partial charge is 0.257 e. The van der Waals surface area contributed by atoms with Crippen LogP contribution in [0.3, 0.4) is 0 Å². The Bertz CT molecular complexity index is 1710. The van der Waals surface area contributed by atoms with Crippen LogP contribution in [0.4, 0.5) is 11.6 Å².